The van der Waals surface area contributed by atoms with Gasteiger partial charge in [-0.25, -0.2) is 4.98 Å². The minimum atomic E-state index is -0.147. The summed E-state index contributed by atoms with van der Waals surface area (Å²) in [6.45, 7) is 1.49. The summed E-state index contributed by atoms with van der Waals surface area (Å²) in [6, 6.07) is 0. The largest absolute Gasteiger partial charge is 0.469 e. The van der Waals surface area contributed by atoms with Crippen molar-refractivity contribution in [2.75, 3.05) is 20.2 Å². The van der Waals surface area contributed by atoms with Gasteiger partial charge in [-0.1, -0.05) is 0 Å². The molecule has 1 aliphatic rings. The molecule has 2 rings (SSSR count). The first-order valence-electron chi connectivity index (χ1n) is 4.98. The van der Waals surface area contributed by atoms with Crippen molar-refractivity contribution in [1.82, 2.24) is 14.9 Å². The molecule has 2 heterocycles. The second-order valence-corrected chi connectivity index (χ2v) is 3.82. The van der Waals surface area contributed by atoms with E-state index in [2.05, 4.69) is 10.3 Å². The topological polar surface area (TPSA) is 56.1 Å². The minimum absolute atomic E-state index is 0.0922. The Morgan fingerprint density at radius 3 is 3.07 bits per heavy atom. The number of aromatic nitrogens is 2. The Kier molecular flexibility index (Phi) is 2.73. The number of esters is 1. The number of nitrogens with zero attached hydrogens (tertiary/aromatic N) is 2. The molecule has 1 fully saturated rings. The van der Waals surface area contributed by atoms with Gasteiger partial charge in [-0.05, 0) is 0 Å². The third kappa shape index (κ3) is 1.74. The maximum absolute atomic E-state index is 11.5. The van der Waals surface area contributed by atoms with E-state index in [9.17, 15) is 4.79 Å². The number of carbonyl (C=O) groups excluding carboxylic acids is 1. The average molecular weight is 209 g/mol. The molecule has 0 amide bonds. The summed E-state index contributed by atoms with van der Waals surface area (Å²) in [5.41, 5.74) is 1.08. The summed E-state index contributed by atoms with van der Waals surface area (Å²) in [5, 5.41) is 3.21. The molecule has 1 aliphatic heterocycles. The molecule has 5 heteroatoms. The first kappa shape index (κ1) is 10.2. The van der Waals surface area contributed by atoms with Gasteiger partial charge >= 0.3 is 5.97 Å². The third-order valence-electron chi connectivity index (χ3n) is 2.95. The average Bonchev–Trinajstić information content (AvgIpc) is 2.84. The van der Waals surface area contributed by atoms with Crippen molar-refractivity contribution in [3.05, 3.63) is 18.2 Å². The van der Waals surface area contributed by atoms with E-state index in [1.54, 1.807) is 6.33 Å². The van der Waals surface area contributed by atoms with Crippen molar-refractivity contribution in [2.24, 2.45) is 13.0 Å². The van der Waals surface area contributed by atoms with Crippen molar-refractivity contribution >= 4 is 5.97 Å². The fraction of sp³-hybridized carbons (Fsp3) is 0.600. The van der Waals surface area contributed by atoms with Crippen LogP contribution in [-0.2, 0) is 16.6 Å². The lowest BCUT2D eigenvalue weighted by Crippen LogP contribution is -2.23. The van der Waals surface area contributed by atoms with Crippen LogP contribution in [0.25, 0.3) is 0 Å². The Hall–Kier alpha value is -1.36. The normalized spacial score (nSPS) is 25.5. The molecule has 15 heavy (non-hydrogen) atoms. The van der Waals surface area contributed by atoms with E-state index in [4.69, 9.17) is 4.74 Å². The number of ether oxygens (including phenoxy) is 1. The second kappa shape index (κ2) is 4.02. The minimum Gasteiger partial charge on any atom is -0.469 e. The van der Waals surface area contributed by atoms with Crippen LogP contribution in [0.1, 0.15) is 11.6 Å². The Morgan fingerprint density at radius 2 is 2.47 bits per heavy atom. The van der Waals surface area contributed by atoms with E-state index in [1.807, 2.05) is 17.8 Å². The Balaban J connectivity index is 2.22. The van der Waals surface area contributed by atoms with Crippen molar-refractivity contribution in [1.29, 1.82) is 0 Å². The highest BCUT2D eigenvalue weighted by Gasteiger charge is 2.36. The lowest BCUT2D eigenvalue weighted by Gasteiger charge is -2.16. The third-order valence-corrected chi connectivity index (χ3v) is 2.95. The number of imidazole rings is 1. The van der Waals surface area contributed by atoms with Crippen molar-refractivity contribution in [3.63, 3.8) is 0 Å². The van der Waals surface area contributed by atoms with Crippen LogP contribution in [0, 0.1) is 5.92 Å². The maximum atomic E-state index is 11.5. The van der Waals surface area contributed by atoms with Crippen LogP contribution in [0.15, 0.2) is 12.5 Å². The molecule has 0 aliphatic carbocycles. The number of hydrogen-bond acceptors (Lipinski definition) is 4. The van der Waals surface area contributed by atoms with Gasteiger partial charge in [0.25, 0.3) is 0 Å². The molecule has 0 spiro atoms. The Bertz CT molecular complexity index is 361. The van der Waals surface area contributed by atoms with Crippen LogP contribution >= 0.6 is 0 Å². The smallest absolute Gasteiger partial charge is 0.310 e. The first-order valence-corrected chi connectivity index (χ1v) is 4.98. The summed E-state index contributed by atoms with van der Waals surface area (Å²) in [4.78, 5) is 15.6. The van der Waals surface area contributed by atoms with Gasteiger partial charge < -0.3 is 14.6 Å². The molecule has 1 saturated heterocycles. The highest BCUT2D eigenvalue weighted by atomic mass is 16.5. The van der Waals surface area contributed by atoms with Crippen LogP contribution in [0.5, 0.6) is 0 Å². The predicted octanol–water partition coefficient (Wildman–Crippen LogP) is -0.104. The van der Waals surface area contributed by atoms with Crippen LogP contribution in [-0.4, -0.2) is 35.7 Å². The molecule has 1 aromatic rings. The zero-order chi connectivity index (χ0) is 10.8. The van der Waals surface area contributed by atoms with Crippen LogP contribution < -0.4 is 5.32 Å². The number of aryl methyl sites for hydroxylation is 1. The molecule has 2 atom stereocenters. The summed E-state index contributed by atoms with van der Waals surface area (Å²) < 4.78 is 6.75. The Morgan fingerprint density at radius 1 is 1.67 bits per heavy atom. The fourth-order valence-corrected chi connectivity index (χ4v) is 2.11. The maximum Gasteiger partial charge on any atom is 0.310 e. The molecule has 0 radical (unpaired) electrons. The van der Waals surface area contributed by atoms with Crippen molar-refractivity contribution in [2.45, 2.75) is 5.92 Å². The standard InChI is InChI=1S/C10H15N3O2/c1-13-6-12-5-9(13)7-3-11-4-8(7)10(14)15-2/h5-8,11H,3-4H2,1-2H3/t7-,8-/m1/s1. The van der Waals surface area contributed by atoms with E-state index >= 15 is 0 Å². The zero-order valence-corrected chi connectivity index (χ0v) is 8.93. The van der Waals surface area contributed by atoms with Gasteiger partial charge in [-0.3, -0.25) is 4.79 Å². The van der Waals surface area contributed by atoms with Crippen LogP contribution in [0.3, 0.4) is 0 Å². The van der Waals surface area contributed by atoms with E-state index < -0.39 is 0 Å². The first-order chi connectivity index (χ1) is 7.24. The molecule has 1 N–H and O–H groups in total. The number of nitrogens with one attached hydrogen (secondary N) is 1. The molecular formula is C10H15N3O2. The lowest BCUT2D eigenvalue weighted by atomic mass is 9.93. The van der Waals surface area contributed by atoms with E-state index in [-0.39, 0.29) is 17.8 Å². The quantitative estimate of drug-likeness (QED) is 0.691. The second-order valence-electron chi connectivity index (χ2n) is 3.82. The van der Waals surface area contributed by atoms with Gasteiger partial charge in [-0.2, -0.15) is 0 Å². The van der Waals surface area contributed by atoms with E-state index in [0.29, 0.717) is 6.54 Å². The monoisotopic (exact) mass is 209 g/mol. The molecule has 0 unspecified atom stereocenters. The zero-order valence-electron chi connectivity index (χ0n) is 8.93. The molecule has 82 valence electrons. The molecule has 0 saturated carbocycles. The molecule has 5 nitrogen and oxygen atoms in total. The molecular weight excluding hydrogens is 194 g/mol. The number of hydrogen-bond donors (Lipinski definition) is 1. The highest BCUT2D eigenvalue weighted by Crippen LogP contribution is 2.28. The Labute approximate surface area is 88.4 Å². The van der Waals surface area contributed by atoms with Gasteiger partial charge in [-0.15, -0.1) is 0 Å². The summed E-state index contributed by atoms with van der Waals surface area (Å²) in [7, 11) is 3.37. The number of carbonyl (C=O) groups is 1. The lowest BCUT2D eigenvalue weighted by molar-refractivity contribution is -0.145. The van der Waals surface area contributed by atoms with Crippen molar-refractivity contribution < 1.29 is 9.53 Å². The number of rotatable bonds is 2. The van der Waals surface area contributed by atoms with Gasteiger partial charge in [0.1, 0.15) is 0 Å². The fourth-order valence-electron chi connectivity index (χ4n) is 2.11. The van der Waals surface area contributed by atoms with Crippen LogP contribution in [0.4, 0.5) is 0 Å². The molecule has 0 bridgehead atoms. The van der Waals surface area contributed by atoms with Gasteiger partial charge in [0.05, 0.1) is 19.4 Å². The SMILES string of the molecule is COC(=O)[C@@H]1CNC[C@H]1c1cncn1C. The predicted molar refractivity (Wildman–Crippen MR) is 54.3 cm³/mol. The van der Waals surface area contributed by atoms with Gasteiger partial charge in [0, 0.05) is 37.9 Å². The number of methoxy groups -OCH3 is 1. The van der Waals surface area contributed by atoms with Gasteiger partial charge in [0.15, 0.2) is 0 Å². The van der Waals surface area contributed by atoms with E-state index in [1.165, 1.54) is 7.11 Å². The van der Waals surface area contributed by atoms with Gasteiger partial charge in [0.2, 0.25) is 0 Å². The summed E-state index contributed by atoms with van der Waals surface area (Å²) in [6.07, 6.45) is 3.57. The molecule has 1 aromatic heterocycles. The van der Waals surface area contributed by atoms with Crippen molar-refractivity contribution in [3.8, 4) is 0 Å². The van der Waals surface area contributed by atoms with E-state index in [0.717, 1.165) is 12.2 Å². The highest BCUT2D eigenvalue weighted by molar-refractivity contribution is 5.74. The molecule has 0 aromatic carbocycles. The summed E-state index contributed by atoms with van der Waals surface area (Å²) in [5.74, 6) is -0.0680. The van der Waals surface area contributed by atoms with Crippen LogP contribution in [0.2, 0.25) is 0 Å². The summed E-state index contributed by atoms with van der Waals surface area (Å²) >= 11 is 0.